The van der Waals surface area contributed by atoms with E-state index in [-0.39, 0.29) is 11.8 Å². The molecule has 4 nitrogen and oxygen atoms in total. The highest BCUT2D eigenvalue weighted by atomic mass is 16.5. The average molecular weight is 276 g/mol. The largest absolute Gasteiger partial charge is 0.378 e. The lowest BCUT2D eigenvalue weighted by Crippen LogP contribution is -2.37. The second kappa shape index (κ2) is 7.29. The van der Waals surface area contributed by atoms with Crippen LogP contribution in [0.5, 0.6) is 0 Å². The third-order valence-electron chi connectivity index (χ3n) is 3.68. The van der Waals surface area contributed by atoms with Gasteiger partial charge < -0.3 is 15.0 Å². The zero-order valence-corrected chi connectivity index (χ0v) is 12.4. The monoisotopic (exact) mass is 276 g/mol. The van der Waals surface area contributed by atoms with Gasteiger partial charge in [0.2, 0.25) is 5.91 Å². The van der Waals surface area contributed by atoms with E-state index in [1.807, 2.05) is 25.1 Å². The van der Waals surface area contributed by atoms with E-state index in [2.05, 4.69) is 23.2 Å². The molecule has 0 saturated carbocycles. The molecule has 0 bridgehead atoms. The molecule has 1 fully saturated rings. The van der Waals surface area contributed by atoms with Gasteiger partial charge in [-0.2, -0.15) is 0 Å². The van der Waals surface area contributed by atoms with E-state index in [0.29, 0.717) is 0 Å². The molecule has 1 aromatic carbocycles. The zero-order valence-electron chi connectivity index (χ0n) is 12.4. The summed E-state index contributed by atoms with van der Waals surface area (Å²) in [6.45, 7) is 7.32. The molecule has 0 aliphatic carbocycles. The normalized spacial score (nSPS) is 16.8. The summed E-state index contributed by atoms with van der Waals surface area (Å²) in [5.41, 5.74) is 2.00. The van der Waals surface area contributed by atoms with Crippen LogP contribution in [0.1, 0.15) is 26.7 Å². The van der Waals surface area contributed by atoms with Crippen molar-refractivity contribution in [2.75, 3.05) is 36.5 Å². The van der Waals surface area contributed by atoms with E-state index < -0.39 is 0 Å². The molecule has 0 spiro atoms. The summed E-state index contributed by atoms with van der Waals surface area (Å²) < 4.78 is 5.38. The van der Waals surface area contributed by atoms with Crippen molar-refractivity contribution in [1.29, 1.82) is 0 Å². The Hall–Kier alpha value is -1.55. The predicted octanol–water partition coefficient (Wildman–Crippen LogP) is 2.90. The quantitative estimate of drug-likeness (QED) is 0.899. The van der Waals surface area contributed by atoms with Crippen molar-refractivity contribution in [3.8, 4) is 0 Å². The highest BCUT2D eigenvalue weighted by Crippen LogP contribution is 2.27. The van der Waals surface area contributed by atoms with Crippen molar-refractivity contribution < 1.29 is 9.53 Å². The molecule has 1 atom stereocenters. The maximum atomic E-state index is 12.2. The minimum Gasteiger partial charge on any atom is -0.378 e. The topological polar surface area (TPSA) is 41.6 Å². The van der Waals surface area contributed by atoms with Crippen LogP contribution in [0.3, 0.4) is 0 Å². The lowest BCUT2D eigenvalue weighted by Gasteiger charge is -2.30. The second-order valence-corrected chi connectivity index (χ2v) is 5.30. The number of benzene rings is 1. The fraction of sp³-hybridized carbons (Fsp3) is 0.562. The first-order chi connectivity index (χ1) is 9.72. The Morgan fingerprint density at radius 3 is 2.75 bits per heavy atom. The van der Waals surface area contributed by atoms with Gasteiger partial charge in [0, 0.05) is 19.0 Å². The first kappa shape index (κ1) is 14.9. The Labute approximate surface area is 121 Å². The first-order valence-corrected chi connectivity index (χ1v) is 7.45. The van der Waals surface area contributed by atoms with Gasteiger partial charge in [-0.3, -0.25) is 4.79 Å². The van der Waals surface area contributed by atoms with E-state index in [9.17, 15) is 4.79 Å². The van der Waals surface area contributed by atoms with Gasteiger partial charge in [0.15, 0.2) is 0 Å². The summed E-state index contributed by atoms with van der Waals surface area (Å²) in [4.78, 5) is 14.5. The van der Waals surface area contributed by atoms with Crippen LogP contribution in [-0.4, -0.2) is 32.2 Å². The number of rotatable bonds is 5. The molecule has 0 radical (unpaired) electrons. The maximum Gasteiger partial charge on any atom is 0.227 e. The Bertz CT molecular complexity index is 442. The number of hydrogen-bond donors (Lipinski definition) is 1. The van der Waals surface area contributed by atoms with E-state index >= 15 is 0 Å². The number of carbonyl (C=O) groups excluding carboxylic acids is 1. The molecule has 1 unspecified atom stereocenters. The van der Waals surface area contributed by atoms with Crippen LogP contribution in [0, 0.1) is 5.92 Å². The molecule has 1 saturated heterocycles. The minimum absolute atomic E-state index is 0.0535. The number of carbonyl (C=O) groups is 1. The number of nitrogens with zero attached hydrogens (tertiary/aromatic N) is 1. The van der Waals surface area contributed by atoms with Gasteiger partial charge in [-0.15, -0.1) is 0 Å². The van der Waals surface area contributed by atoms with Gasteiger partial charge in [-0.05, 0) is 18.6 Å². The molecule has 110 valence electrons. The smallest absolute Gasteiger partial charge is 0.227 e. The van der Waals surface area contributed by atoms with E-state index in [1.165, 1.54) is 0 Å². The number of ether oxygens (including phenoxy) is 1. The molecule has 1 aliphatic heterocycles. The highest BCUT2D eigenvalue weighted by Gasteiger charge is 2.17. The van der Waals surface area contributed by atoms with Crippen LogP contribution in [0.2, 0.25) is 0 Å². The van der Waals surface area contributed by atoms with Crippen molar-refractivity contribution in [3.05, 3.63) is 24.3 Å². The third kappa shape index (κ3) is 3.73. The summed E-state index contributed by atoms with van der Waals surface area (Å²) >= 11 is 0. The van der Waals surface area contributed by atoms with Crippen molar-refractivity contribution >= 4 is 17.3 Å². The van der Waals surface area contributed by atoms with Crippen molar-refractivity contribution in [3.63, 3.8) is 0 Å². The number of amides is 1. The highest BCUT2D eigenvalue weighted by molar-refractivity contribution is 5.95. The van der Waals surface area contributed by atoms with Crippen molar-refractivity contribution in [2.24, 2.45) is 5.92 Å². The number of hydrogen-bond acceptors (Lipinski definition) is 3. The third-order valence-corrected chi connectivity index (χ3v) is 3.68. The second-order valence-electron chi connectivity index (χ2n) is 5.30. The summed E-state index contributed by atoms with van der Waals surface area (Å²) in [7, 11) is 0. The van der Waals surface area contributed by atoms with Crippen LogP contribution in [0.15, 0.2) is 24.3 Å². The van der Waals surface area contributed by atoms with Crippen molar-refractivity contribution in [2.45, 2.75) is 26.7 Å². The summed E-state index contributed by atoms with van der Waals surface area (Å²) in [6, 6.07) is 8.01. The molecule has 1 N–H and O–H groups in total. The van der Waals surface area contributed by atoms with Gasteiger partial charge in [0.05, 0.1) is 24.6 Å². The molecule has 1 heterocycles. The number of nitrogens with one attached hydrogen (secondary N) is 1. The van der Waals surface area contributed by atoms with Crippen LogP contribution < -0.4 is 10.2 Å². The fourth-order valence-corrected chi connectivity index (χ4v) is 2.48. The Morgan fingerprint density at radius 2 is 2.05 bits per heavy atom. The standard InChI is InChI=1S/C16H24N2O2/c1-3-6-13(2)16(19)17-14-7-4-5-8-15(14)18-9-11-20-12-10-18/h4-5,7-8,13H,3,6,9-12H2,1-2H3,(H,17,19). The fourth-order valence-electron chi connectivity index (χ4n) is 2.48. The van der Waals surface area contributed by atoms with Crippen LogP contribution >= 0.6 is 0 Å². The molecular formula is C16H24N2O2. The molecule has 4 heteroatoms. The Balaban J connectivity index is 2.09. The molecule has 1 aliphatic rings. The van der Waals surface area contributed by atoms with E-state index in [1.54, 1.807) is 0 Å². The van der Waals surface area contributed by atoms with E-state index in [0.717, 1.165) is 50.5 Å². The molecule has 1 amide bonds. The predicted molar refractivity (Wildman–Crippen MR) is 82.2 cm³/mol. The number of morpholine rings is 1. The maximum absolute atomic E-state index is 12.2. The van der Waals surface area contributed by atoms with Gasteiger partial charge in [0.25, 0.3) is 0 Å². The van der Waals surface area contributed by atoms with Crippen LogP contribution in [-0.2, 0) is 9.53 Å². The molecule has 20 heavy (non-hydrogen) atoms. The Kier molecular flexibility index (Phi) is 5.41. The lowest BCUT2D eigenvalue weighted by molar-refractivity contribution is -0.119. The molecule has 0 aromatic heterocycles. The molecular weight excluding hydrogens is 252 g/mol. The SMILES string of the molecule is CCCC(C)C(=O)Nc1ccccc1N1CCOCC1. The molecule has 1 aromatic rings. The van der Waals surface area contributed by atoms with Gasteiger partial charge in [-0.25, -0.2) is 0 Å². The summed E-state index contributed by atoms with van der Waals surface area (Å²) in [5.74, 6) is 0.158. The van der Waals surface area contributed by atoms with Gasteiger partial charge >= 0.3 is 0 Å². The lowest BCUT2D eigenvalue weighted by atomic mass is 10.1. The van der Waals surface area contributed by atoms with Crippen LogP contribution in [0.25, 0.3) is 0 Å². The van der Waals surface area contributed by atoms with Crippen molar-refractivity contribution in [1.82, 2.24) is 0 Å². The summed E-state index contributed by atoms with van der Waals surface area (Å²) in [6.07, 6.45) is 1.95. The van der Waals surface area contributed by atoms with Gasteiger partial charge in [0.1, 0.15) is 0 Å². The Morgan fingerprint density at radius 1 is 1.35 bits per heavy atom. The molecule has 2 rings (SSSR count). The van der Waals surface area contributed by atoms with Crippen LogP contribution in [0.4, 0.5) is 11.4 Å². The minimum atomic E-state index is 0.0535. The average Bonchev–Trinajstić information content (AvgIpc) is 2.49. The summed E-state index contributed by atoms with van der Waals surface area (Å²) in [5, 5.41) is 3.07. The first-order valence-electron chi connectivity index (χ1n) is 7.45. The number of para-hydroxylation sites is 2. The van der Waals surface area contributed by atoms with Gasteiger partial charge in [-0.1, -0.05) is 32.4 Å². The number of anilines is 2. The zero-order chi connectivity index (χ0) is 14.4. The van der Waals surface area contributed by atoms with E-state index in [4.69, 9.17) is 4.74 Å².